The van der Waals surface area contributed by atoms with Crippen LogP contribution >= 0.6 is 0 Å². The van der Waals surface area contributed by atoms with Crippen molar-refractivity contribution in [3.8, 4) is 5.75 Å². The molecule has 1 fully saturated rings. The minimum absolute atomic E-state index is 0.0972. The van der Waals surface area contributed by atoms with Gasteiger partial charge in [0, 0.05) is 23.5 Å². The van der Waals surface area contributed by atoms with Crippen LogP contribution in [0.25, 0.3) is 10.9 Å². The number of nitrogens with one attached hydrogen (secondary N) is 1. The molecule has 0 saturated heterocycles. The second-order valence-corrected chi connectivity index (χ2v) is 7.15. The first kappa shape index (κ1) is 17.7. The van der Waals surface area contributed by atoms with Crippen molar-refractivity contribution >= 4 is 16.8 Å². The Morgan fingerprint density at radius 3 is 2.76 bits per heavy atom. The maximum atomic E-state index is 12.8. The second-order valence-electron chi connectivity index (χ2n) is 7.15. The molecule has 2 unspecified atom stereocenters. The standard InChI is InChI=1S/C20H26N2O3/c1-12(8-13(2)23)11-21-20(24)17-10-19(14-4-5-14)22-18-7-6-15(25-3)9-16(17)18/h6-7,9-10,12-14,23H,4-5,8,11H2,1-3H3,(H,21,24). The van der Waals surface area contributed by atoms with Gasteiger partial charge in [0.05, 0.1) is 24.3 Å². The van der Waals surface area contributed by atoms with E-state index in [1.807, 2.05) is 31.2 Å². The van der Waals surface area contributed by atoms with Crippen molar-refractivity contribution in [2.24, 2.45) is 5.92 Å². The monoisotopic (exact) mass is 342 g/mol. The molecule has 1 amide bonds. The third kappa shape index (κ3) is 4.28. The number of ether oxygens (including phenoxy) is 1. The summed E-state index contributed by atoms with van der Waals surface area (Å²) in [6.45, 7) is 4.33. The number of rotatable bonds is 7. The molecule has 0 bridgehead atoms. The van der Waals surface area contributed by atoms with Gasteiger partial charge in [0.2, 0.25) is 0 Å². The van der Waals surface area contributed by atoms with Crippen molar-refractivity contribution in [3.63, 3.8) is 0 Å². The van der Waals surface area contributed by atoms with Crippen LogP contribution in [0.4, 0.5) is 0 Å². The number of nitrogens with zero attached hydrogens (tertiary/aromatic N) is 1. The highest BCUT2D eigenvalue weighted by molar-refractivity contribution is 6.06. The number of amides is 1. The van der Waals surface area contributed by atoms with Crippen LogP contribution in [0, 0.1) is 5.92 Å². The molecular formula is C20H26N2O3. The highest BCUT2D eigenvalue weighted by Gasteiger charge is 2.27. The molecule has 1 aliphatic rings. The van der Waals surface area contributed by atoms with Gasteiger partial charge in [0.15, 0.2) is 0 Å². The molecule has 0 aliphatic heterocycles. The topological polar surface area (TPSA) is 71.5 Å². The molecule has 3 rings (SSSR count). The van der Waals surface area contributed by atoms with E-state index in [9.17, 15) is 9.90 Å². The van der Waals surface area contributed by atoms with Gasteiger partial charge in [-0.1, -0.05) is 6.92 Å². The maximum Gasteiger partial charge on any atom is 0.252 e. The number of aliphatic hydroxyl groups excluding tert-OH is 1. The summed E-state index contributed by atoms with van der Waals surface area (Å²) in [5, 5.41) is 13.3. The molecule has 2 aromatic rings. The van der Waals surface area contributed by atoms with Crippen molar-refractivity contribution in [2.45, 2.75) is 45.1 Å². The lowest BCUT2D eigenvalue weighted by molar-refractivity contribution is 0.0941. The van der Waals surface area contributed by atoms with Crippen molar-refractivity contribution in [1.82, 2.24) is 10.3 Å². The smallest absolute Gasteiger partial charge is 0.252 e. The fraction of sp³-hybridized carbons (Fsp3) is 0.500. The number of hydrogen-bond acceptors (Lipinski definition) is 4. The molecule has 25 heavy (non-hydrogen) atoms. The minimum atomic E-state index is -0.362. The van der Waals surface area contributed by atoms with Gasteiger partial charge in [-0.05, 0) is 56.4 Å². The zero-order valence-electron chi connectivity index (χ0n) is 15.1. The summed E-state index contributed by atoms with van der Waals surface area (Å²) in [5.41, 5.74) is 2.47. The highest BCUT2D eigenvalue weighted by atomic mass is 16.5. The Labute approximate surface area is 148 Å². The number of aliphatic hydroxyl groups is 1. The van der Waals surface area contributed by atoms with E-state index in [1.54, 1.807) is 14.0 Å². The predicted octanol–water partition coefficient (Wildman–Crippen LogP) is 3.26. The summed E-state index contributed by atoms with van der Waals surface area (Å²) in [5.74, 6) is 1.31. The highest BCUT2D eigenvalue weighted by Crippen LogP contribution is 2.40. The van der Waals surface area contributed by atoms with Gasteiger partial charge < -0.3 is 15.2 Å². The molecule has 1 heterocycles. The molecule has 2 N–H and O–H groups in total. The number of hydrogen-bond donors (Lipinski definition) is 2. The number of methoxy groups -OCH3 is 1. The average Bonchev–Trinajstić information content (AvgIpc) is 3.42. The molecule has 5 nitrogen and oxygen atoms in total. The van der Waals surface area contributed by atoms with Crippen LogP contribution in [0.5, 0.6) is 5.75 Å². The molecule has 1 aromatic carbocycles. The summed E-state index contributed by atoms with van der Waals surface area (Å²) in [6, 6.07) is 7.58. The van der Waals surface area contributed by atoms with E-state index < -0.39 is 0 Å². The normalized spacial score (nSPS) is 16.5. The third-order valence-electron chi connectivity index (χ3n) is 4.63. The third-order valence-corrected chi connectivity index (χ3v) is 4.63. The summed E-state index contributed by atoms with van der Waals surface area (Å²) in [7, 11) is 1.62. The number of benzene rings is 1. The number of fused-ring (bicyclic) bond motifs is 1. The molecule has 5 heteroatoms. The average molecular weight is 342 g/mol. The maximum absolute atomic E-state index is 12.8. The SMILES string of the molecule is COc1ccc2nc(C3CC3)cc(C(=O)NCC(C)CC(C)O)c2c1. The van der Waals surface area contributed by atoms with Gasteiger partial charge >= 0.3 is 0 Å². The van der Waals surface area contributed by atoms with E-state index >= 15 is 0 Å². The number of carbonyl (C=O) groups is 1. The zero-order chi connectivity index (χ0) is 18.0. The van der Waals surface area contributed by atoms with Crippen molar-refractivity contribution in [1.29, 1.82) is 0 Å². The van der Waals surface area contributed by atoms with Gasteiger partial charge in [-0.2, -0.15) is 0 Å². The largest absolute Gasteiger partial charge is 0.497 e. The van der Waals surface area contributed by atoms with Crippen molar-refractivity contribution in [3.05, 3.63) is 35.5 Å². The number of aromatic nitrogens is 1. The Morgan fingerprint density at radius 2 is 2.12 bits per heavy atom. The first-order valence-electron chi connectivity index (χ1n) is 8.93. The first-order valence-corrected chi connectivity index (χ1v) is 8.93. The van der Waals surface area contributed by atoms with Crippen LogP contribution in [-0.4, -0.2) is 35.8 Å². The molecule has 134 valence electrons. The van der Waals surface area contributed by atoms with Crippen molar-refractivity contribution < 1.29 is 14.6 Å². The Hall–Kier alpha value is -2.14. The Kier molecular flexibility index (Phi) is 5.23. The van der Waals surface area contributed by atoms with Crippen LogP contribution in [-0.2, 0) is 0 Å². The van der Waals surface area contributed by atoms with Crippen LogP contribution in [0.15, 0.2) is 24.3 Å². The van der Waals surface area contributed by atoms with E-state index in [4.69, 9.17) is 9.72 Å². The lowest BCUT2D eigenvalue weighted by Gasteiger charge is -2.15. The van der Waals surface area contributed by atoms with E-state index in [2.05, 4.69) is 5.32 Å². The van der Waals surface area contributed by atoms with E-state index in [-0.39, 0.29) is 17.9 Å². The Bertz CT molecular complexity index is 769. The molecule has 2 atom stereocenters. The quantitative estimate of drug-likeness (QED) is 0.810. The van der Waals surface area contributed by atoms with Gasteiger partial charge in [0.25, 0.3) is 5.91 Å². The van der Waals surface area contributed by atoms with E-state index in [0.717, 1.165) is 29.4 Å². The molecular weight excluding hydrogens is 316 g/mol. The van der Waals surface area contributed by atoms with E-state index in [0.29, 0.717) is 30.2 Å². The van der Waals surface area contributed by atoms with Gasteiger partial charge in [0.1, 0.15) is 5.75 Å². The number of carbonyl (C=O) groups excluding carboxylic acids is 1. The summed E-state index contributed by atoms with van der Waals surface area (Å²) >= 11 is 0. The summed E-state index contributed by atoms with van der Waals surface area (Å²) in [4.78, 5) is 17.5. The molecule has 1 saturated carbocycles. The van der Waals surface area contributed by atoms with E-state index in [1.165, 1.54) is 0 Å². The fourth-order valence-electron chi connectivity index (χ4n) is 3.16. The second kappa shape index (κ2) is 7.40. The molecule has 0 radical (unpaired) electrons. The predicted molar refractivity (Wildman–Crippen MR) is 98.1 cm³/mol. The van der Waals surface area contributed by atoms with Gasteiger partial charge in [-0.25, -0.2) is 0 Å². The minimum Gasteiger partial charge on any atom is -0.497 e. The summed E-state index contributed by atoms with van der Waals surface area (Å²) in [6.07, 6.45) is 2.58. The van der Waals surface area contributed by atoms with Crippen LogP contribution in [0.1, 0.15) is 55.1 Å². The van der Waals surface area contributed by atoms with Crippen LogP contribution in [0.3, 0.4) is 0 Å². The van der Waals surface area contributed by atoms with Crippen molar-refractivity contribution in [2.75, 3.05) is 13.7 Å². The van der Waals surface area contributed by atoms with Gasteiger partial charge in [-0.3, -0.25) is 9.78 Å². The Balaban J connectivity index is 1.88. The molecule has 1 aliphatic carbocycles. The van der Waals surface area contributed by atoms with Crippen LogP contribution in [0.2, 0.25) is 0 Å². The molecule has 1 aromatic heterocycles. The summed E-state index contributed by atoms with van der Waals surface area (Å²) < 4.78 is 5.30. The zero-order valence-corrected chi connectivity index (χ0v) is 15.1. The first-order chi connectivity index (χ1) is 12.0. The molecule has 0 spiro atoms. The number of pyridine rings is 1. The lowest BCUT2D eigenvalue weighted by atomic mass is 10.0. The fourth-order valence-corrected chi connectivity index (χ4v) is 3.16. The van der Waals surface area contributed by atoms with Crippen LogP contribution < -0.4 is 10.1 Å². The lowest BCUT2D eigenvalue weighted by Crippen LogP contribution is -2.29. The Morgan fingerprint density at radius 1 is 1.36 bits per heavy atom. The van der Waals surface area contributed by atoms with Gasteiger partial charge in [-0.15, -0.1) is 0 Å².